The van der Waals surface area contributed by atoms with Crippen molar-refractivity contribution in [2.75, 3.05) is 5.32 Å². The standard InChI is InChI=1S/C21H12F2N2O3/c22-15-3-1-11(7-16(15)23)5-12-2-4-17-18(8-12)28-19-9-13(10-24)6-14(21(26)27)20(19)25-17/h1-4,6-9,25H,5H2,(H,26,27). The van der Waals surface area contributed by atoms with Gasteiger partial charge in [-0.05, 0) is 47.9 Å². The van der Waals surface area contributed by atoms with Gasteiger partial charge in [-0.1, -0.05) is 12.1 Å². The minimum atomic E-state index is -1.18. The van der Waals surface area contributed by atoms with Gasteiger partial charge in [0.05, 0.1) is 28.6 Å². The summed E-state index contributed by atoms with van der Waals surface area (Å²) >= 11 is 0. The lowest BCUT2D eigenvalue weighted by Gasteiger charge is -2.24. The Balaban J connectivity index is 1.68. The first-order valence-corrected chi connectivity index (χ1v) is 8.28. The normalized spacial score (nSPS) is 11.5. The van der Waals surface area contributed by atoms with Crippen LogP contribution in [0.3, 0.4) is 0 Å². The molecule has 0 bridgehead atoms. The number of nitriles is 1. The molecule has 1 heterocycles. The fourth-order valence-electron chi connectivity index (χ4n) is 3.06. The number of ether oxygens (including phenoxy) is 1. The zero-order valence-corrected chi connectivity index (χ0v) is 14.3. The second kappa shape index (κ2) is 6.67. The summed E-state index contributed by atoms with van der Waals surface area (Å²) in [5.74, 6) is -2.32. The molecule has 5 nitrogen and oxygen atoms in total. The van der Waals surface area contributed by atoms with Gasteiger partial charge >= 0.3 is 5.97 Å². The molecule has 2 N–H and O–H groups in total. The number of fused-ring (bicyclic) bond motifs is 2. The Morgan fingerprint density at radius 2 is 1.79 bits per heavy atom. The summed E-state index contributed by atoms with van der Waals surface area (Å²) in [6, 6.07) is 13.6. The molecule has 0 radical (unpaired) electrons. The van der Waals surface area contributed by atoms with Crippen molar-refractivity contribution in [3.05, 3.63) is 82.4 Å². The molecule has 7 heteroatoms. The van der Waals surface area contributed by atoms with Gasteiger partial charge in [0.1, 0.15) is 0 Å². The van der Waals surface area contributed by atoms with Crippen LogP contribution < -0.4 is 10.1 Å². The molecule has 0 fully saturated rings. The van der Waals surface area contributed by atoms with Gasteiger partial charge in [0.25, 0.3) is 0 Å². The molecule has 0 saturated carbocycles. The lowest BCUT2D eigenvalue weighted by Crippen LogP contribution is -2.10. The molecule has 0 spiro atoms. The zero-order chi connectivity index (χ0) is 19.8. The number of nitrogens with zero attached hydrogens (tertiary/aromatic N) is 1. The molecule has 0 atom stereocenters. The molecule has 1 aliphatic heterocycles. The predicted molar refractivity (Wildman–Crippen MR) is 97.1 cm³/mol. The topological polar surface area (TPSA) is 82.4 Å². The van der Waals surface area contributed by atoms with Crippen LogP contribution in [-0.2, 0) is 6.42 Å². The lowest BCUT2D eigenvalue weighted by atomic mass is 10.0. The van der Waals surface area contributed by atoms with Crippen LogP contribution in [0.25, 0.3) is 0 Å². The van der Waals surface area contributed by atoms with Gasteiger partial charge in [0, 0.05) is 6.07 Å². The van der Waals surface area contributed by atoms with Crippen LogP contribution in [0, 0.1) is 23.0 Å². The highest BCUT2D eigenvalue weighted by Gasteiger charge is 2.24. The van der Waals surface area contributed by atoms with Crippen LogP contribution in [0.4, 0.5) is 20.2 Å². The van der Waals surface area contributed by atoms with Gasteiger partial charge in [-0.15, -0.1) is 0 Å². The third kappa shape index (κ3) is 3.12. The fourth-order valence-corrected chi connectivity index (χ4v) is 3.06. The molecule has 0 amide bonds. The van der Waals surface area contributed by atoms with Crippen LogP contribution >= 0.6 is 0 Å². The molecular weight excluding hydrogens is 366 g/mol. The first-order chi connectivity index (χ1) is 13.4. The van der Waals surface area contributed by atoms with Crippen molar-refractivity contribution in [3.63, 3.8) is 0 Å². The maximum atomic E-state index is 13.4. The number of aromatic carboxylic acids is 1. The van der Waals surface area contributed by atoms with Gasteiger partial charge in [-0.25, -0.2) is 13.6 Å². The molecule has 4 rings (SSSR count). The number of nitrogens with one attached hydrogen (secondary N) is 1. The Morgan fingerprint density at radius 1 is 1.04 bits per heavy atom. The molecule has 28 heavy (non-hydrogen) atoms. The highest BCUT2D eigenvalue weighted by atomic mass is 19.2. The summed E-state index contributed by atoms with van der Waals surface area (Å²) in [6.07, 6.45) is 0.360. The maximum Gasteiger partial charge on any atom is 0.338 e. The van der Waals surface area contributed by atoms with Crippen molar-refractivity contribution < 1.29 is 23.4 Å². The fraction of sp³-hybridized carbons (Fsp3) is 0.0476. The second-order valence-electron chi connectivity index (χ2n) is 6.30. The van der Waals surface area contributed by atoms with Gasteiger partial charge in [0.2, 0.25) is 0 Å². The van der Waals surface area contributed by atoms with Gasteiger partial charge in [-0.3, -0.25) is 0 Å². The van der Waals surface area contributed by atoms with Crippen molar-refractivity contribution in [1.82, 2.24) is 0 Å². The summed E-state index contributed by atoms with van der Waals surface area (Å²) in [7, 11) is 0. The van der Waals surface area contributed by atoms with Crippen molar-refractivity contribution in [2.45, 2.75) is 6.42 Å². The summed E-state index contributed by atoms with van der Waals surface area (Å²) in [4.78, 5) is 11.5. The molecule has 0 saturated heterocycles. The molecular formula is C21H12F2N2O3. The van der Waals surface area contributed by atoms with E-state index in [-0.39, 0.29) is 22.6 Å². The van der Waals surface area contributed by atoms with Crippen LogP contribution in [0.1, 0.15) is 27.0 Å². The van der Waals surface area contributed by atoms with E-state index < -0.39 is 17.6 Å². The van der Waals surface area contributed by atoms with Gasteiger partial charge in [-0.2, -0.15) is 5.26 Å². The van der Waals surface area contributed by atoms with E-state index in [1.807, 2.05) is 6.07 Å². The van der Waals surface area contributed by atoms with Crippen LogP contribution in [0.5, 0.6) is 11.5 Å². The molecule has 138 valence electrons. The first kappa shape index (κ1) is 17.5. The van der Waals surface area contributed by atoms with E-state index >= 15 is 0 Å². The number of hydrogen-bond acceptors (Lipinski definition) is 4. The van der Waals surface area contributed by atoms with E-state index in [1.165, 1.54) is 18.2 Å². The molecule has 3 aromatic rings. The Morgan fingerprint density at radius 3 is 2.50 bits per heavy atom. The number of hydrogen-bond donors (Lipinski definition) is 2. The van der Waals surface area contributed by atoms with Crippen LogP contribution in [0.2, 0.25) is 0 Å². The Kier molecular flexibility index (Phi) is 4.17. The SMILES string of the molecule is N#Cc1cc2c(c(C(=O)O)c1)Nc1ccc(Cc3ccc(F)c(F)c3)cc1O2. The van der Waals surface area contributed by atoms with Crippen LogP contribution in [-0.4, -0.2) is 11.1 Å². The van der Waals surface area contributed by atoms with Crippen molar-refractivity contribution in [2.24, 2.45) is 0 Å². The van der Waals surface area contributed by atoms with Crippen molar-refractivity contribution >= 4 is 17.3 Å². The van der Waals surface area contributed by atoms with Crippen molar-refractivity contribution in [1.29, 1.82) is 5.26 Å². The Hall–Kier alpha value is -3.92. The summed E-state index contributed by atoms with van der Waals surface area (Å²) in [5.41, 5.74) is 2.33. The number of halogens is 2. The third-order valence-electron chi connectivity index (χ3n) is 4.38. The summed E-state index contributed by atoms with van der Waals surface area (Å²) in [5, 5.41) is 21.5. The summed E-state index contributed by atoms with van der Waals surface area (Å²) in [6.45, 7) is 0. The third-order valence-corrected chi connectivity index (χ3v) is 4.38. The monoisotopic (exact) mass is 378 g/mol. The molecule has 0 unspecified atom stereocenters. The number of carboxylic acid groups (broad SMARTS) is 1. The highest BCUT2D eigenvalue weighted by Crippen LogP contribution is 2.44. The minimum Gasteiger partial charge on any atom is -0.478 e. The van der Waals surface area contributed by atoms with Gasteiger partial charge < -0.3 is 15.2 Å². The summed E-state index contributed by atoms with van der Waals surface area (Å²) < 4.78 is 32.3. The second-order valence-corrected chi connectivity index (χ2v) is 6.30. The zero-order valence-electron chi connectivity index (χ0n) is 14.3. The Labute approximate surface area is 158 Å². The number of carbonyl (C=O) groups is 1. The molecule has 0 aromatic heterocycles. The van der Waals surface area contributed by atoms with E-state index in [0.717, 1.165) is 17.7 Å². The largest absolute Gasteiger partial charge is 0.478 e. The van der Waals surface area contributed by atoms with Gasteiger partial charge in [0.15, 0.2) is 23.1 Å². The van der Waals surface area contributed by atoms with E-state index in [0.29, 0.717) is 23.4 Å². The quantitative estimate of drug-likeness (QED) is 0.526. The smallest absolute Gasteiger partial charge is 0.338 e. The maximum absolute atomic E-state index is 13.4. The highest BCUT2D eigenvalue weighted by molar-refractivity contribution is 5.99. The Bertz CT molecular complexity index is 1170. The number of rotatable bonds is 3. The number of carboxylic acids is 1. The predicted octanol–water partition coefficient (Wildman–Crippen LogP) is 4.97. The number of benzene rings is 3. The number of anilines is 2. The average molecular weight is 378 g/mol. The average Bonchev–Trinajstić information content (AvgIpc) is 2.68. The lowest BCUT2D eigenvalue weighted by molar-refractivity contribution is 0.0697. The van der Waals surface area contributed by atoms with E-state index in [4.69, 9.17) is 10.00 Å². The van der Waals surface area contributed by atoms with E-state index in [1.54, 1.807) is 18.2 Å². The molecule has 1 aliphatic rings. The van der Waals surface area contributed by atoms with E-state index in [9.17, 15) is 18.7 Å². The minimum absolute atomic E-state index is 0.0643. The van der Waals surface area contributed by atoms with E-state index in [2.05, 4.69) is 5.32 Å². The first-order valence-electron chi connectivity index (χ1n) is 8.28. The molecule has 3 aromatic carbocycles. The van der Waals surface area contributed by atoms with Crippen LogP contribution in [0.15, 0.2) is 48.5 Å². The molecule has 0 aliphatic carbocycles. The van der Waals surface area contributed by atoms with Crippen molar-refractivity contribution in [3.8, 4) is 17.6 Å².